The van der Waals surface area contributed by atoms with Crippen LogP contribution in [0.4, 0.5) is 0 Å². The second-order valence-corrected chi connectivity index (χ2v) is 14.9. The molecule has 0 radical (unpaired) electrons. The highest BCUT2D eigenvalue weighted by molar-refractivity contribution is 7.98. The molecule has 0 saturated carbocycles. The number of aliphatic carboxylic acids is 1. The summed E-state index contributed by atoms with van der Waals surface area (Å²) in [7, 11) is -0.781. The number of nitrogens with one attached hydrogen (secondary N) is 1. The van der Waals surface area contributed by atoms with Gasteiger partial charge in [0.1, 0.15) is 30.2 Å². The molecule has 1 aliphatic rings. The molecule has 1 heterocycles. The molecule has 0 unspecified atom stereocenters. The van der Waals surface area contributed by atoms with Gasteiger partial charge >= 0.3 is 11.9 Å². The zero-order chi connectivity index (χ0) is 24.3. The van der Waals surface area contributed by atoms with Gasteiger partial charge in [-0.1, -0.05) is 20.8 Å². The largest absolute Gasteiger partial charge is 0.543 e. The maximum Gasteiger partial charge on any atom is 0.338 e. The molecule has 0 saturated heterocycles. The van der Waals surface area contributed by atoms with Gasteiger partial charge in [-0.05, 0) is 24.2 Å². The van der Waals surface area contributed by atoms with Crippen LogP contribution in [0, 0.1) is 0 Å². The molecule has 1 aliphatic heterocycles. The number of carbonyl (C=O) groups excluding carboxylic acids is 2. The average molecular weight is 485 g/mol. The van der Waals surface area contributed by atoms with E-state index in [1.54, 1.807) is 12.1 Å². The number of amides is 1. The second kappa shape index (κ2) is 10.1. The predicted molar refractivity (Wildman–Crippen MR) is 125 cm³/mol. The fourth-order valence-corrected chi connectivity index (χ4v) is 4.76. The fraction of sp³-hybridized carbons (Fsp3) is 0.571. The van der Waals surface area contributed by atoms with Gasteiger partial charge in [0.15, 0.2) is 0 Å². The SMILES string of the molecule is COc1cc(O[Si](C)(C)C(C)(C)C)c2c(c1)C(=O)OC[C@H](N)C(=O)N[C@H](C(=O)O)CSC2. The van der Waals surface area contributed by atoms with Gasteiger partial charge in [0, 0.05) is 23.1 Å². The highest BCUT2D eigenvalue weighted by atomic mass is 32.2. The molecule has 1 aromatic rings. The van der Waals surface area contributed by atoms with Gasteiger partial charge in [-0.15, -0.1) is 0 Å². The van der Waals surface area contributed by atoms with Crippen molar-refractivity contribution in [2.24, 2.45) is 5.73 Å². The third-order valence-electron chi connectivity index (χ3n) is 5.69. The molecule has 0 bridgehead atoms. The van der Waals surface area contributed by atoms with Crippen LogP contribution in [0.3, 0.4) is 0 Å². The van der Waals surface area contributed by atoms with Crippen LogP contribution in [0.15, 0.2) is 12.1 Å². The van der Waals surface area contributed by atoms with Gasteiger partial charge in [-0.25, -0.2) is 9.59 Å². The minimum absolute atomic E-state index is 0.0898. The Morgan fingerprint density at radius 1 is 1.31 bits per heavy atom. The first kappa shape index (κ1) is 26.0. The van der Waals surface area contributed by atoms with Crippen LogP contribution < -0.4 is 20.2 Å². The number of nitrogens with two attached hydrogens (primary N) is 1. The summed E-state index contributed by atoms with van der Waals surface area (Å²) in [6.45, 7) is 10.1. The first-order chi connectivity index (χ1) is 14.8. The maximum absolute atomic E-state index is 12.9. The number of benzene rings is 1. The van der Waals surface area contributed by atoms with Crippen molar-refractivity contribution in [2.45, 2.75) is 56.7 Å². The van der Waals surface area contributed by atoms with E-state index >= 15 is 0 Å². The Balaban J connectivity index is 2.54. The number of thioether (sulfide) groups is 1. The van der Waals surface area contributed by atoms with E-state index in [0.717, 1.165) is 0 Å². The number of hydrogen-bond acceptors (Lipinski definition) is 8. The Hall–Kier alpha value is -2.24. The summed E-state index contributed by atoms with van der Waals surface area (Å²) in [5.41, 5.74) is 6.62. The van der Waals surface area contributed by atoms with E-state index in [4.69, 9.17) is 19.6 Å². The van der Waals surface area contributed by atoms with Gasteiger partial charge in [0.05, 0.1) is 12.7 Å². The molecule has 9 nitrogen and oxygen atoms in total. The normalized spacial score (nSPS) is 20.7. The third kappa shape index (κ3) is 6.17. The number of methoxy groups -OCH3 is 1. The van der Waals surface area contributed by atoms with E-state index in [0.29, 0.717) is 17.1 Å². The van der Waals surface area contributed by atoms with Gasteiger partial charge in [-0.3, -0.25) is 4.79 Å². The molecular formula is C21H32N2O7SSi. The molecule has 0 aromatic heterocycles. The number of rotatable bonds is 4. The number of carboxylic acid groups (broad SMARTS) is 1. The molecule has 0 spiro atoms. The van der Waals surface area contributed by atoms with Crippen LogP contribution in [0.25, 0.3) is 0 Å². The summed E-state index contributed by atoms with van der Waals surface area (Å²) in [6.07, 6.45) is 0. The minimum Gasteiger partial charge on any atom is -0.543 e. The number of esters is 1. The maximum atomic E-state index is 12.9. The van der Waals surface area contributed by atoms with Crippen molar-refractivity contribution in [1.82, 2.24) is 5.32 Å². The van der Waals surface area contributed by atoms with Gasteiger partial charge in [0.2, 0.25) is 14.2 Å². The van der Waals surface area contributed by atoms with Gasteiger partial charge < -0.3 is 30.1 Å². The molecule has 2 atom stereocenters. The van der Waals surface area contributed by atoms with Crippen LogP contribution in [-0.4, -0.2) is 62.8 Å². The molecule has 1 amide bonds. The lowest BCUT2D eigenvalue weighted by Gasteiger charge is -2.37. The molecular weight excluding hydrogens is 452 g/mol. The Kier molecular flexibility index (Phi) is 8.24. The fourth-order valence-electron chi connectivity index (χ4n) is 2.64. The lowest BCUT2D eigenvalue weighted by molar-refractivity contribution is -0.141. The highest BCUT2D eigenvalue weighted by Gasteiger charge is 2.40. The van der Waals surface area contributed by atoms with Crippen LogP contribution >= 0.6 is 11.8 Å². The zero-order valence-electron chi connectivity index (χ0n) is 19.3. The van der Waals surface area contributed by atoms with Crippen molar-refractivity contribution in [2.75, 3.05) is 19.5 Å². The van der Waals surface area contributed by atoms with Crippen LogP contribution in [-0.2, 0) is 20.1 Å². The van der Waals surface area contributed by atoms with Crippen molar-refractivity contribution in [3.05, 3.63) is 23.3 Å². The summed E-state index contributed by atoms with van der Waals surface area (Å²) in [4.78, 5) is 36.7. The molecule has 4 N–H and O–H groups in total. The number of fused-ring (bicyclic) bond motifs is 1. The Morgan fingerprint density at radius 2 is 1.97 bits per heavy atom. The Morgan fingerprint density at radius 3 is 2.53 bits per heavy atom. The van der Waals surface area contributed by atoms with E-state index in [2.05, 4.69) is 39.2 Å². The number of hydrogen-bond donors (Lipinski definition) is 3. The van der Waals surface area contributed by atoms with Crippen molar-refractivity contribution in [3.63, 3.8) is 0 Å². The third-order valence-corrected chi connectivity index (χ3v) is 11.1. The Bertz CT molecular complexity index is 886. The van der Waals surface area contributed by atoms with Crippen molar-refractivity contribution in [3.8, 4) is 11.5 Å². The van der Waals surface area contributed by atoms with Crippen LogP contribution in [0.1, 0.15) is 36.7 Å². The van der Waals surface area contributed by atoms with E-state index in [1.165, 1.54) is 18.9 Å². The predicted octanol–water partition coefficient (Wildman–Crippen LogP) is 2.38. The lowest BCUT2D eigenvalue weighted by atomic mass is 10.1. The number of ether oxygens (including phenoxy) is 2. The quantitative estimate of drug-likeness (QED) is 0.434. The lowest BCUT2D eigenvalue weighted by Crippen LogP contribution is -2.51. The number of carboxylic acids is 1. The minimum atomic E-state index is -2.27. The summed E-state index contributed by atoms with van der Waals surface area (Å²) in [5, 5.41) is 11.8. The standard InChI is InChI=1S/C21H32N2O7SSi/c1-21(2,3)32(5,6)30-17-8-12(28-4)7-13-14(17)10-31-11-16(19(25)26)23-18(24)15(22)9-29-20(13)27/h7-8,15-16H,9-11,22H2,1-6H3,(H,23,24)(H,25,26)/t15-,16-/m0/s1. The summed E-state index contributed by atoms with van der Waals surface area (Å²) < 4.78 is 17.2. The Labute approximate surface area is 193 Å². The van der Waals surface area contributed by atoms with Crippen LogP contribution in [0.2, 0.25) is 18.1 Å². The zero-order valence-corrected chi connectivity index (χ0v) is 21.1. The summed E-state index contributed by atoms with van der Waals surface area (Å²) in [6, 6.07) is 0.978. The summed E-state index contributed by atoms with van der Waals surface area (Å²) in [5.74, 6) is -1.21. The topological polar surface area (TPSA) is 137 Å². The molecule has 0 fully saturated rings. The van der Waals surface area contributed by atoms with E-state index in [9.17, 15) is 19.5 Å². The molecule has 1 aromatic carbocycles. The van der Waals surface area contributed by atoms with E-state index < -0.39 is 38.2 Å². The number of cyclic esters (lactones) is 1. The smallest absolute Gasteiger partial charge is 0.338 e. The average Bonchev–Trinajstić information content (AvgIpc) is 2.69. The van der Waals surface area contributed by atoms with E-state index in [-0.39, 0.29) is 28.7 Å². The van der Waals surface area contributed by atoms with Gasteiger partial charge in [0.25, 0.3) is 0 Å². The molecule has 2 rings (SSSR count). The first-order valence-electron chi connectivity index (χ1n) is 10.2. The highest BCUT2D eigenvalue weighted by Crippen LogP contribution is 2.41. The van der Waals surface area contributed by atoms with Gasteiger partial charge in [-0.2, -0.15) is 11.8 Å². The molecule has 0 aliphatic carbocycles. The second-order valence-electron chi connectivity index (χ2n) is 9.13. The molecule has 32 heavy (non-hydrogen) atoms. The van der Waals surface area contributed by atoms with Crippen LogP contribution in [0.5, 0.6) is 11.5 Å². The van der Waals surface area contributed by atoms with Crippen molar-refractivity contribution < 1.29 is 33.4 Å². The molecule has 178 valence electrons. The summed E-state index contributed by atoms with van der Waals surface area (Å²) >= 11 is 1.26. The first-order valence-corrected chi connectivity index (χ1v) is 14.3. The molecule has 11 heteroatoms. The monoisotopic (exact) mass is 484 g/mol. The van der Waals surface area contributed by atoms with E-state index in [1.807, 2.05) is 0 Å². The van der Waals surface area contributed by atoms with Crippen molar-refractivity contribution >= 4 is 37.9 Å². The van der Waals surface area contributed by atoms with Crippen molar-refractivity contribution in [1.29, 1.82) is 0 Å². The number of carbonyl (C=O) groups is 3.